The lowest BCUT2D eigenvalue weighted by Crippen LogP contribution is -2.07. The van der Waals surface area contributed by atoms with Crippen LogP contribution in [0.1, 0.15) is 31.9 Å². The van der Waals surface area contributed by atoms with Crippen LogP contribution in [0.3, 0.4) is 0 Å². The maximum atomic E-state index is 6.02. The molecule has 0 saturated heterocycles. The van der Waals surface area contributed by atoms with Gasteiger partial charge in [0, 0.05) is 17.6 Å². The molecule has 0 aliphatic rings. The van der Waals surface area contributed by atoms with Gasteiger partial charge in [-0.15, -0.1) is 0 Å². The molecule has 0 saturated carbocycles. The molecule has 3 nitrogen and oxygen atoms in total. The fraction of sp³-hybridized carbons (Fsp3) is 0.312. The molecular formula is C16H20ClN3. The minimum absolute atomic E-state index is 0.178. The van der Waals surface area contributed by atoms with Crippen molar-refractivity contribution in [1.82, 2.24) is 4.98 Å². The van der Waals surface area contributed by atoms with Crippen molar-refractivity contribution >= 4 is 23.0 Å². The standard InChI is InChI=1S/C16H20ClN3/c1-3-7-19-15-9-16(11-18-10-15)20-12(2)13-5-4-6-14(17)8-13/h4-6,8-12,19-20H,3,7H2,1-2H3. The number of rotatable bonds is 6. The van der Waals surface area contributed by atoms with E-state index in [0.717, 1.165) is 34.9 Å². The second-order valence-electron chi connectivity index (χ2n) is 4.81. The summed E-state index contributed by atoms with van der Waals surface area (Å²) in [4.78, 5) is 4.25. The van der Waals surface area contributed by atoms with Crippen molar-refractivity contribution in [3.8, 4) is 0 Å². The minimum atomic E-state index is 0.178. The van der Waals surface area contributed by atoms with Crippen molar-refractivity contribution in [3.05, 3.63) is 53.3 Å². The van der Waals surface area contributed by atoms with Gasteiger partial charge in [-0.2, -0.15) is 0 Å². The smallest absolute Gasteiger partial charge is 0.0552 e. The van der Waals surface area contributed by atoms with Crippen molar-refractivity contribution < 1.29 is 0 Å². The number of hydrogen-bond donors (Lipinski definition) is 2. The second kappa shape index (κ2) is 7.15. The Labute approximate surface area is 125 Å². The number of aromatic nitrogens is 1. The topological polar surface area (TPSA) is 37.0 Å². The van der Waals surface area contributed by atoms with E-state index in [2.05, 4.69) is 41.6 Å². The van der Waals surface area contributed by atoms with Gasteiger partial charge in [0.25, 0.3) is 0 Å². The summed E-state index contributed by atoms with van der Waals surface area (Å²) in [7, 11) is 0. The molecule has 1 unspecified atom stereocenters. The number of pyridine rings is 1. The zero-order chi connectivity index (χ0) is 14.4. The van der Waals surface area contributed by atoms with Gasteiger partial charge >= 0.3 is 0 Å². The largest absolute Gasteiger partial charge is 0.384 e. The Morgan fingerprint density at radius 2 is 2.00 bits per heavy atom. The first-order valence-electron chi connectivity index (χ1n) is 6.90. The maximum Gasteiger partial charge on any atom is 0.0552 e. The Morgan fingerprint density at radius 1 is 1.20 bits per heavy atom. The van der Waals surface area contributed by atoms with Gasteiger partial charge in [0.2, 0.25) is 0 Å². The van der Waals surface area contributed by atoms with Crippen LogP contribution in [-0.2, 0) is 0 Å². The van der Waals surface area contributed by atoms with Gasteiger partial charge in [0.05, 0.1) is 23.8 Å². The molecule has 1 aromatic carbocycles. The molecule has 2 rings (SSSR count). The van der Waals surface area contributed by atoms with E-state index in [1.807, 2.05) is 30.6 Å². The van der Waals surface area contributed by atoms with Gasteiger partial charge in [-0.3, -0.25) is 4.98 Å². The third-order valence-corrected chi connectivity index (χ3v) is 3.28. The number of halogens is 1. The maximum absolute atomic E-state index is 6.02. The highest BCUT2D eigenvalue weighted by atomic mass is 35.5. The number of nitrogens with zero attached hydrogens (tertiary/aromatic N) is 1. The molecule has 106 valence electrons. The summed E-state index contributed by atoms with van der Waals surface area (Å²) >= 11 is 6.02. The number of hydrogen-bond acceptors (Lipinski definition) is 3. The van der Waals surface area contributed by atoms with Gasteiger partial charge < -0.3 is 10.6 Å². The quantitative estimate of drug-likeness (QED) is 0.807. The summed E-state index contributed by atoms with van der Waals surface area (Å²) in [5, 5.41) is 7.53. The molecular weight excluding hydrogens is 270 g/mol. The first-order chi connectivity index (χ1) is 9.69. The molecule has 4 heteroatoms. The molecule has 1 heterocycles. The molecule has 2 aromatic rings. The fourth-order valence-corrected chi connectivity index (χ4v) is 2.19. The summed E-state index contributed by atoms with van der Waals surface area (Å²) in [5.74, 6) is 0. The van der Waals surface area contributed by atoms with Crippen molar-refractivity contribution in [3.63, 3.8) is 0 Å². The van der Waals surface area contributed by atoms with Crippen LogP contribution in [0.15, 0.2) is 42.7 Å². The van der Waals surface area contributed by atoms with Crippen LogP contribution in [-0.4, -0.2) is 11.5 Å². The van der Waals surface area contributed by atoms with Crippen LogP contribution < -0.4 is 10.6 Å². The van der Waals surface area contributed by atoms with Gasteiger partial charge in [-0.25, -0.2) is 0 Å². The molecule has 0 spiro atoms. The Morgan fingerprint density at radius 3 is 2.75 bits per heavy atom. The molecule has 0 fully saturated rings. The highest BCUT2D eigenvalue weighted by molar-refractivity contribution is 6.30. The SMILES string of the molecule is CCCNc1cncc(NC(C)c2cccc(Cl)c2)c1. The average molecular weight is 290 g/mol. The van der Waals surface area contributed by atoms with E-state index in [0.29, 0.717) is 0 Å². The minimum Gasteiger partial charge on any atom is -0.384 e. The normalized spacial score (nSPS) is 11.9. The zero-order valence-electron chi connectivity index (χ0n) is 11.9. The molecule has 0 radical (unpaired) electrons. The van der Waals surface area contributed by atoms with Gasteiger partial charge in [-0.05, 0) is 37.1 Å². The van der Waals surface area contributed by atoms with Gasteiger partial charge in [-0.1, -0.05) is 30.7 Å². The predicted octanol–water partition coefficient (Wildman–Crippen LogP) is 4.73. The van der Waals surface area contributed by atoms with E-state index >= 15 is 0 Å². The van der Waals surface area contributed by atoms with Gasteiger partial charge in [0.1, 0.15) is 0 Å². The van der Waals surface area contributed by atoms with Crippen LogP contribution in [0.5, 0.6) is 0 Å². The molecule has 0 bridgehead atoms. The summed E-state index contributed by atoms with van der Waals surface area (Å²) in [6.45, 7) is 5.20. The molecule has 0 aliphatic carbocycles. The molecule has 20 heavy (non-hydrogen) atoms. The van der Waals surface area contributed by atoms with E-state index in [-0.39, 0.29) is 6.04 Å². The van der Waals surface area contributed by atoms with Crippen LogP contribution in [0.4, 0.5) is 11.4 Å². The Bertz CT molecular complexity index is 557. The summed E-state index contributed by atoms with van der Waals surface area (Å²) in [6, 6.07) is 10.1. The third-order valence-electron chi connectivity index (χ3n) is 3.05. The highest BCUT2D eigenvalue weighted by Gasteiger charge is 2.06. The predicted molar refractivity (Wildman–Crippen MR) is 86.5 cm³/mol. The first-order valence-corrected chi connectivity index (χ1v) is 7.27. The summed E-state index contributed by atoms with van der Waals surface area (Å²) < 4.78 is 0. The Balaban J connectivity index is 2.05. The van der Waals surface area contributed by atoms with Gasteiger partial charge in [0.15, 0.2) is 0 Å². The van der Waals surface area contributed by atoms with Crippen LogP contribution in [0, 0.1) is 0 Å². The van der Waals surface area contributed by atoms with Crippen LogP contribution >= 0.6 is 11.6 Å². The van der Waals surface area contributed by atoms with E-state index < -0.39 is 0 Å². The average Bonchev–Trinajstić information content (AvgIpc) is 2.45. The number of anilines is 2. The first kappa shape index (κ1) is 14.7. The van der Waals surface area contributed by atoms with E-state index in [1.54, 1.807) is 0 Å². The van der Waals surface area contributed by atoms with E-state index in [4.69, 9.17) is 11.6 Å². The molecule has 1 atom stereocenters. The van der Waals surface area contributed by atoms with E-state index in [1.165, 1.54) is 0 Å². The lowest BCUT2D eigenvalue weighted by Gasteiger charge is -2.16. The lowest BCUT2D eigenvalue weighted by atomic mass is 10.1. The van der Waals surface area contributed by atoms with Crippen molar-refractivity contribution in [2.24, 2.45) is 0 Å². The van der Waals surface area contributed by atoms with Crippen LogP contribution in [0.25, 0.3) is 0 Å². The second-order valence-corrected chi connectivity index (χ2v) is 5.25. The lowest BCUT2D eigenvalue weighted by molar-refractivity contribution is 0.882. The summed E-state index contributed by atoms with van der Waals surface area (Å²) in [5.41, 5.74) is 3.19. The van der Waals surface area contributed by atoms with Crippen LogP contribution in [0.2, 0.25) is 5.02 Å². The fourth-order valence-electron chi connectivity index (χ4n) is 1.99. The summed E-state index contributed by atoms with van der Waals surface area (Å²) in [6.07, 6.45) is 4.76. The zero-order valence-corrected chi connectivity index (χ0v) is 12.6. The Hall–Kier alpha value is -1.74. The van der Waals surface area contributed by atoms with Crippen molar-refractivity contribution in [1.29, 1.82) is 0 Å². The third kappa shape index (κ3) is 4.14. The molecule has 0 amide bonds. The van der Waals surface area contributed by atoms with Crippen molar-refractivity contribution in [2.45, 2.75) is 26.3 Å². The highest BCUT2D eigenvalue weighted by Crippen LogP contribution is 2.22. The van der Waals surface area contributed by atoms with Crippen molar-refractivity contribution in [2.75, 3.05) is 17.2 Å². The molecule has 0 aliphatic heterocycles. The molecule has 2 N–H and O–H groups in total. The number of nitrogens with one attached hydrogen (secondary N) is 2. The molecule has 1 aromatic heterocycles. The van der Waals surface area contributed by atoms with E-state index in [9.17, 15) is 0 Å². The Kier molecular flexibility index (Phi) is 5.24. The number of benzene rings is 1. The monoisotopic (exact) mass is 289 g/mol.